The van der Waals surface area contributed by atoms with E-state index in [4.69, 9.17) is 4.74 Å². The maximum absolute atomic E-state index is 13.4. The van der Waals surface area contributed by atoms with Gasteiger partial charge in [0.25, 0.3) is 5.91 Å². The van der Waals surface area contributed by atoms with Gasteiger partial charge in [-0.25, -0.2) is 9.67 Å². The Balaban J connectivity index is 1.75. The van der Waals surface area contributed by atoms with Crippen LogP contribution in [0, 0.1) is 6.92 Å². The van der Waals surface area contributed by atoms with Gasteiger partial charge in [-0.1, -0.05) is 18.2 Å². The van der Waals surface area contributed by atoms with E-state index in [0.29, 0.717) is 16.9 Å². The van der Waals surface area contributed by atoms with Crippen molar-refractivity contribution >= 4 is 11.6 Å². The lowest BCUT2D eigenvalue weighted by Crippen LogP contribution is -2.50. The zero-order valence-electron chi connectivity index (χ0n) is 14.7. The number of anilines is 1. The Hall–Kier alpha value is -3.36. The minimum Gasteiger partial charge on any atom is -0.477 e. The third-order valence-corrected chi connectivity index (χ3v) is 4.48. The third kappa shape index (κ3) is 3.19. The standard InChI is InChI=1S/C19H15F3N4O2/c1-12-4-2-7-15-17(12)28-16(19(20,21)22)9-25(15)18(27)13-5-3-6-14(8-13)26-11-23-10-24-26/h2-8,10-11,16H,9H2,1H3/t16-/m0/s1. The monoisotopic (exact) mass is 388 g/mol. The summed E-state index contributed by atoms with van der Waals surface area (Å²) in [5.74, 6) is -0.483. The summed E-state index contributed by atoms with van der Waals surface area (Å²) in [5.41, 5.74) is 1.66. The van der Waals surface area contributed by atoms with Crippen LogP contribution in [0.4, 0.5) is 18.9 Å². The first-order valence-electron chi connectivity index (χ1n) is 8.44. The van der Waals surface area contributed by atoms with E-state index in [0.717, 1.165) is 4.90 Å². The van der Waals surface area contributed by atoms with Crippen LogP contribution in [0.1, 0.15) is 15.9 Å². The largest absolute Gasteiger partial charge is 0.477 e. The predicted octanol–water partition coefficient (Wildman–Crippen LogP) is 3.55. The normalized spacial score (nSPS) is 16.4. The molecule has 0 saturated heterocycles. The van der Waals surface area contributed by atoms with Gasteiger partial charge >= 0.3 is 6.18 Å². The molecule has 0 radical (unpaired) electrons. The van der Waals surface area contributed by atoms with Gasteiger partial charge in [-0.3, -0.25) is 4.79 Å². The summed E-state index contributed by atoms with van der Waals surface area (Å²) in [4.78, 5) is 18.1. The highest BCUT2D eigenvalue weighted by molar-refractivity contribution is 6.07. The molecular weight excluding hydrogens is 373 g/mol. The number of halogens is 3. The van der Waals surface area contributed by atoms with Crippen LogP contribution >= 0.6 is 0 Å². The maximum Gasteiger partial charge on any atom is 0.427 e. The van der Waals surface area contributed by atoms with Gasteiger partial charge in [0.05, 0.1) is 17.9 Å². The number of nitrogens with zero attached hydrogens (tertiary/aromatic N) is 4. The van der Waals surface area contributed by atoms with E-state index in [1.807, 2.05) is 0 Å². The van der Waals surface area contributed by atoms with Crippen LogP contribution < -0.4 is 9.64 Å². The quantitative estimate of drug-likeness (QED) is 0.674. The van der Waals surface area contributed by atoms with Gasteiger partial charge in [0.15, 0.2) is 0 Å². The smallest absolute Gasteiger partial charge is 0.427 e. The zero-order chi connectivity index (χ0) is 19.9. The fourth-order valence-electron chi connectivity index (χ4n) is 3.09. The molecule has 144 valence electrons. The topological polar surface area (TPSA) is 60.2 Å². The van der Waals surface area contributed by atoms with E-state index >= 15 is 0 Å². The Morgan fingerprint density at radius 3 is 2.71 bits per heavy atom. The summed E-state index contributed by atoms with van der Waals surface area (Å²) in [5, 5.41) is 4.00. The molecule has 0 spiro atoms. The highest BCUT2D eigenvalue weighted by Crippen LogP contribution is 2.40. The number of carbonyl (C=O) groups is 1. The minimum atomic E-state index is -4.60. The number of amides is 1. The molecule has 9 heteroatoms. The molecule has 2 heterocycles. The van der Waals surface area contributed by atoms with Gasteiger partial charge in [-0.15, -0.1) is 0 Å². The first kappa shape index (κ1) is 18.0. The van der Waals surface area contributed by atoms with Gasteiger partial charge in [-0.05, 0) is 36.8 Å². The van der Waals surface area contributed by atoms with Crippen molar-refractivity contribution in [3.63, 3.8) is 0 Å². The number of hydrogen-bond acceptors (Lipinski definition) is 4. The van der Waals surface area contributed by atoms with Crippen LogP contribution in [-0.4, -0.2) is 39.5 Å². The molecule has 3 aromatic rings. The fraction of sp³-hybridized carbons (Fsp3) is 0.211. The molecule has 0 aliphatic carbocycles. The summed E-state index contributed by atoms with van der Waals surface area (Å²) in [7, 11) is 0. The molecule has 0 N–H and O–H groups in total. The lowest BCUT2D eigenvalue weighted by Gasteiger charge is -2.36. The van der Waals surface area contributed by atoms with Crippen molar-refractivity contribution in [3.8, 4) is 11.4 Å². The Labute approximate surface area is 158 Å². The lowest BCUT2D eigenvalue weighted by atomic mass is 10.1. The summed E-state index contributed by atoms with van der Waals surface area (Å²) < 4.78 is 46.8. The van der Waals surface area contributed by atoms with E-state index in [2.05, 4.69) is 10.1 Å². The molecule has 28 heavy (non-hydrogen) atoms. The highest BCUT2D eigenvalue weighted by Gasteiger charge is 2.47. The van der Waals surface area contributed by atoms with Gasteiger partial charge in [0.2, 0.25) is 6.10 Å². The molecule has 0 unspecified atom stereocenters. The Morgan fingerprint density at radius 2 is 2.00 bits per heavy atom. The van der Waals surface area contributed by atoms with Crippen molar-refractivity contribution in [1.82, 2.24) is 14.8 Å². The number of fused-ring (bicyclic) bond motifs is 1. The van der Waals surface area contributed by atoms with Crippen LogP contribution in [0.5, 0.6) is 5.75 Å². The molecule has 1 aliphatic rings. The summed E-state index contributed by atoms with van der Waals surface area (Å²) in [6, 6.07) is 11.4. The van der Waals surface area contributed by atoms with Gasteiger partial charge in [-0.2, -0.15) is 18.3 Å². The van der Waals surface area contributed by atoms with Crippen LogP contribution in [0.15, 0.2) is 55.1 Å². The first-order chi connectivity index (χ1) is 13.3. The highest BCUT2D eigenvalue weighted by atomic mass is 19.4. The van der Waals surface area contributed by atoms with Gasteiger partial charge in [0.1, 0.15) is 18.4 Å². The van der Waals surface area contributed by atoms with Crippen molar-refractivity contribution in [2.45, 2.75) is 19.2 Å². The van der Waals surface area contributed by atoms with E-state index in [1.165, 1.54) is 17.3 Å². The number of rotatable bonds is 2. The number of hydrogen-bond donors (Lipinski definition) is 0. The minimum absolute atomic E-state index is 0.0665. The SMILES string of the molecule is Cc1cccc2c1O[C@H](C(F)(F)F)CN2C(=O)c1cccc(-n2cncn2)c1. The summed E-state index contributed by atoms with van der Waals surface area (Å²) >= 11 is 0. The van der Waals surface area contributed by atoms with Crippen LogP contribution in [0.2, 0.25) is 0 Å². The average molecular weight is 388 g/mol. The lowest BCUT2D eigenvalue weighted by molar-refractivity contribution is -0.193. The van der Waals surface area contributed by atoms with Crippen LogP contribution in [-0.2, 0) is 0 Å². The third-order valence-electron chi connectivity index (χ3n) is 4.48. The second-order valence-electron chi connectivity index (χ2n) is 6.38. The zero-order valence-corrected chi connectivity index (χ0v) is 14.7. The summed E-state index contributed by atoms with van der Waals surface area (Å²) in [6.07, 6.45) is -3.87. The number of para-hydroxylation sites is 1. The van der Waals surface area contributed by atoms with E-state index in [1.54, 1.807) is 49.4 Å². The molecule has 0 fully saturated rings. The predicted molar refractivity (Wildman–Crippen MR) is 94.7 cm³/mol. The van der Waals surface area contributed by atoms with Crippen LogP contribution in [0.3, 0.4) is 0 Å². The molecule has 0 saturated carbocycles. The van der Waals surface area contributed by atoms with Gasteiger partial charge < -0.3 is 9.64 Å². The molecule has 2 aromatic carbocycles. The van der Waals surface area contributed by atoms with Crippen LogP contribution in [0.25, 0.3) is 5.69 Å². The molecule has 1 aromatic heterocycles. The molecule has 0 bridgehead atoms. The van der Waals surface area contributed by atoms with Crippen molar-refractivity contribution < 1.29 is 22.7 Å². The number of benzene rings is 2. The number of alkyl halides is 3. The van der Waals surface area contributed by atoms with Crippen molar-refractivity contribution in [1.29, 1.82) is 0 Å². The second-order valence-corrected chi connectivity index (χ2v) is 6.38. The van der Waals surface area contributed by atoms with Gasteiger partial charge in [0, 0.05) is 5.56 Å². The number of carbonyl (C=O) groups excluding carboxylic acids is 1. The first-order valence-corrected chi connectivity index (χ1v) is 8.44. The van der Waals surface area contributed by atoms with E-state index in [9.17, 15) is 18.0 Å². The Kier molecular flexibility index (Phi) is 4.29. The molecular formula is C19H15F3N4O2. The second kappa shape index (κ2) is 6.66. The Bertz CT molecular complexity index is 1020. The number of aryl methyl sites for hydroxylation is 1. The molecule has 4 rings (SSSR count). The molecule has 1 amide bonds. The summed E-state index contributed by atoms with van der Waals surface area (Å²) in [6.45, 7) is 1.03. The fourth-order valence-corrected chi connectivity index (χ4v) is 3.09. The van der Waals surface area contributed by atoms with Crippen molar-refractivity contribution in [3.05, 3.63) is 66.2 Å². The molecule has 1 atom stereocenters. The van der Waals surface area contributed by atoms with Crippen molar-refractivity contribution in [2.24, 2.45) is 0 Å². The van der Waals surface area contributed by atoms with E-state index < -0.39 is 24.7 Å². The maximum atomic E-state index is 13.4. The number of ether oxygens (including phenoxy) is 1. The Morgan fingerprint density at radius 1 is 1.21 bits per heavy atom. The molecule has 6 nitrogen and oxygen atoms in total. The number of aromatic nitrogens is 3. The van der Waals surface area contributed by atoms with E-state index in [-0.39, 0.29) is 11.3 Å². The average Bonchev–Trinajstić information content (AvgIpc) is 3.21. The van der Waals surface area contributed by atoms with Crippen molar-refractivity contribution in [2.75, 3.05) is 11.4 Å². The molecule has 1 aliphatic heterocycles.